The molecule has 1 rings (SSSR count). The third-order valence-corrected chi connectivity index (χ3v) is 3.73. The molecule has 0 spiro atoms. The number of nitrogens with zero attached hydrogens (tertiary/aromatic N) is 1. The van der Waals surface area contributed by atoms with E-state index in [0.717, 1.165) is 24.5 Å². The molecule has 1 unspecified atom stereocenters. The van der Waals surface area contributed by atoms with Crippen LogP contribution in [0.5, 0.6) is 0 Å². The molecule has 0 amide bonds. The molecule has 0 bridgehead atoms. The number of unbranched alkanes of at least 4 members (excludes halogenated alkanes) is 3. The third-order valence-electron chi connectivity index (χ3n) is 3.48. The van der Waals surface area contributed by atoms with Crippen LogP contribution in [0.15, 0.2) is 24.3 Å². The van der Waals surface area contributed by atoms with Gasteiger partial charge in [0, 0.05) is 11.1 Å². The predicted octanol–water partition coefficient (Wildman–Crippen LogP) is 3.85. The zero-order chi connectivity index (χ0) is 13.4. The van der Waals surface area contributed by atoms with Gasteiger partial charge in [-0.1, -0.05) is 36.6 Å². The van der Waals surface area contributed by atoms with Gasteiger partial charge in [0.05, 0.1) is 0 Å². The van der Waals surface area contributed by atoms with Gasteiger partial charge in [0.1, 0.15) is 0 Å². The van der Waals surface area contributed by atoms with E-state index in [-0.39, 0.29) is 0 Å². The lowest BCUT2D eigenvalue weighted by atomic mass is 10.1. The van der Waals surface area contributed by atoms with E-state index in [1.54, 1.807) is 0 Å². The summed E-state index contributed by atoms with van der Waals surface area (Å²) in [6.07, 6.45) is 4.92. The SMILES string of the molecule is CC(c1ccc(Cl)cc1)N(C)CCCCCCN. The molecule has 3 heteroatoms. The zero-order valence-electron chi connectivity index (χ0n) is 11.5. The second-order valence-electron chi connectivity index (χ2n) is 4.91. The Bertz CT molecular complexity index is 324. The highest BCUT2D eigenvalue weighted by Gasteiger charge is 2.10. The van der Waals surface area contributed by atoms with Gasteiger partial charge in [0.2, 0.25) is 0 Å². The van der Waals surface area contributed by atoms with E-state index in [1.165, 1.54) is 24.8 Å². The van der Waals surface area contributed by atoms with Crippen LogP contribution < -0.4 is 5.73 Å². The Hall–Kier alpha value is -0.570. The van der Waals surface area contributed by atoms with Crippen LogP contribution in [0.2, 0.25) is 5.02 Å². The van der Waals surface area contributed by atoms with Gasteiger partial charge < -0.3 is 5.73 Å². The summed E-state index contributed by atoms with van der Waals surface area (Å²) in [6.45, 7) is 4.19. The van der Waals surface area contributed by atoms with E-state index in [1.807, 2.05) is 12.1 Å². The molecule has 0 aliphatic rings. The fourth-order valence-corrected chi connectivity index (χ4v) is 2.17. The van der Waals surface area contributed by atoms with Crippen molar-refractivity contribution in [1.29, 1.82) is 0 Å². The second kappa shape index (κ2) is 8.52. The molecule has 0 heterocycles. The molecule has 102 valence electrons. The Balaban J connectivity index is 2.32. The van der Waals surface area contributed by atoms with Crippen molar-refractivity contribution in [2.24, 2.45) is 5.73 Å². The monoisotopic (exact) mass is 268 g/mol. The minimum absolute atomic E-state index is 0.441. The number of benzene rings is 1. The smallest absolute Gasteiger partial charge is 0.0406 e. The highest BCUT2D eigenvalue weighted by Crippen LogP contribution is 2.21. The van der Waals surface area contributed by atoms with Crippen molar-refractivity contribution in [2.45, 2.75) is 38.6 Å². The summed E-state index contributed by atoms with van der Waals surface area (Å²) >= 11 is 5.90. The first-order valence-electron chi connectivity index (χ1n) is 6.81. The van der Waals surface area contributed by atoms with E-state index < -0.39 is 0 Å². The molecule has 0 saturated heterocycles. The first-order valence-corrected chi connectivity index (χ1v) is 7.18. The molecule has 0 fully saturated rings. The van der Waals surface area contributed by atoms with E-state index in [2.05, 4.69) is 31.0 Å². The van der Waals surface area contributed by atoms with Crippen LogP contribution in [0.1, 0.15) is 44.2 Å². The summed E-state index contributed by atoms with van der Waals surface area (Å²) in [5.41, 5.74) is 6.81. The number of halogens is 1. The van der Waals surface area contributed by atoms with Gasteiger partial charge in [-0.15, -0.1) is 0 Å². The van der Waals surface area contributed by atoms with Crippen molar-refractivity contribution in [3.8, 4) is 0 Å². The van der Waals surface area contributed by atoms with Crippen molar-refractivity contribution in [2.75, 3.05) is 20.1 Å². The molecular formula is C15H25ClN2. The lowest BCUT2D eigenvalue weighted by Crippen LogP contribution is -2.23. The van der Waals surface area contributed by atoms with Crippen LogP contribution in [-0.2, 0) is 0 Å². The maximum absolute atomic E-state index is 5.90. The largest absolute Gasteiger partial charge is 0.330 e. The van der Waals surface area contributed by atoms with Gasteiger partial charge >= 0.3 is 0 Å². The first kappa shape index (κ1) is 15.5. The second-order valence-corrected chi connectivity index (χ2v) is 5.35. The quantitative estimate of drug-likeness (QED) is 0.726. The minimum Gasteiger partial charge on any atom is -0.330 e. The summed E-state index contributed by atoms with van der Waals surface area (Å²) in [6, 6.07) is 8.58. The standard InChI is InChI=1S/C15H25ClN2/c1-13(14-7-9-15(16)10-8-14)18(2)12-6-4-3-5-11-17/h7-10,13H,3-6,11-12,17H2,1-2H3. The predicted molar refractivity (Wildman–Crippen MR) is 80.0 cm³/mol. The Morgan fingerprint density at radius 2 is 1.72 bits per heavy atom. The van der Waals surface area contributed by atoms with Gasteiger partial charge in [-0.3, -0.25) is 4.90 Å². The Kier molecular flexibility index (Phi) is 7.33. The Labute approximate surface area is 116 Å². The van der Waals surface area contributed by atoms with Crippen molar-refractivity contribution >= 4 is 11.6 Å². The van der Waals surface area contributed by atoms with E-state index in [9.17, 15) is 0 Å². The summed E-state index contributed by atoms with van der Waals surface area (Å²) in [4.78, 5) is 2.39. The average molecular weight is 269 g/mol. The first-order chi connectivity index (χ1) is 8.65. The van der Waals surface area contributed by atoms with Gasteiger partial charge in [-0.25, -0.2) is 0 Å². The summed E-state index contributed by atoms with van der Waals surface area (Å²) in [5, 5.41) is 0.801. The number of nitrogens with two attached hydrogens (primary N) is 1. The summed E-state index contributed by atoms with van der Waals surface area (Å²) < 4.78 is 0. The highest BCUT2D eigenvalue weighted by molar-refractivity contribution is 6.30. The molecule has 1 aromatic rings. The van der Waals surface area contributed by atoms with Gasteiger partial charge in [-0.05, 0) is 57.6 Å². The molecule has 0 aliphatic heterocycles. The van der Waals surface area contributed by atoms with Gasteiger partial charge in [-0.2, -0.15) is 0 Å². The lowest BCUT2D eigenvalue weighted by molar-refractivity contribution is 0.255. The van der Waals surface area contributed by atoms with Crippen molar-refractivity contribution in [3.63, 3.8) is 0 Å². The van der Waals surface area contributed by atoms with E-state index in [0.29, 0.717) is 6.04 Å². The molecule has 1 aromatic carbocycles. The van der Waals surface area contributed by atoms with Gasteiger partial charge in [0.25, 0.3) is 0 Å². The lowest BCUT2D eigenvalue weighted by Gasteiger charge is -2.25. The molecule has 2 N–H and O–H groups in total. The number of rotatable bonds is 8. The highest BCUT2D eigenvalue weighted by atomic mass is 35.5. The van der Waals surface area contributed by atoms with Gasteiger partial charge in [0.15, 0.2) is 0 Å². The normalized spacial score (nSPS) is 12.9. The van der Waals surface area contributed by atoms with Crippen LogP contribution in [0.25, 0.3) is 0 Å². The van der Waals surface area contributed by atoms with Crippen molar-refractivity contribution in [1.82, 2.24) is 4.90 Å². The number of hydrogen-bond acceptors (Lipinski definition) is 2. The topological polar surface area (TPSA) is 29.3 Å². The molecule has 1 atom stereocenters. The van der Waals surface area contributed by atoms with Crippen LogP contribution in [-0.4, -0.2) is 25.0 Å². The van der Waals surface area contributed by atoms with Crippen LogP contribution in [0.4, 0.5) is 0 Å². The van der Waals surface area contributed by atoms with E-state index in [4.69, 9.17) is 17.3 Å². The van der Waals surface area contributed by atoms with E-state index >= 15 is 0 Å². The maximum atomic E-state index is 5.90. The minimum atomic E-state index is 0.441. The van der Waals surface area contributed by atoms with Crippen molar-refractivity contribution < 1.29 is 0 Å². The zero-order valence-corrected chi connectivity index (χ0v) is 12.3. The molecular weight excluding hydrogens is 244 g/mol. The molecule has 18 heavy (non-hydrogen) atoms. The fraction of sp³-hybridized carbons (Fsp3) is 0.600. The van der Waals surface area contributed by atoms with Crippen LogP contribution in [0, 0.1) is 0 Å². The fourth-order valence-electron chi connectivity index (χ4n) is 2.05. The molecule has 2 nitrogen and oxygen atoms in total. The Morgan fingerprint density at radius 3 is 2.33 bits per heavy atom. The molecule has 0 radical (unpaired) electrons. The molecule has 0 aliphatic carbocycles. The maximum Gasteiger partial charge on any atom is 0.0406 e. The van der Waals surface area contributed by atoms with Crippen LogP contribution in [0.3, 0.4) is 0 Å². The molecule has 0 aromatic heterocycles. The summed E-state index contributed by atoms with van der Waals surface area (Å²) in [7, 11) is 2.18. The molecule has 0 saturated carbocycles. The Morgan fingerprint density at radius 1 is 1.11 bits per heavy atom. The van der Waals surface area contributed by atoms with Crippen molar-refractivity contribution in [3.05, 3.63) is 34.9 Å². The summed E-state index contributed by atoms with van der Waals surface area (Å²) in [5.74, 6) is 0. The average Bonchev–Trinajstić information content (AvgIpc) is 2.38. The van der Waals surface area contributed by atoms with Crippen LogP contribution >= 0.6 is 11.6 Å². The third kappa shape index (κ3) is 5.38. The number of hydrogen-bond donors (Lipinski definition) is 1.